The highest BCUT2D eigenvalue weighted by molar-refractivity contribution is 6.44. The van der Waals surface area contributed by atoms with Crippen molar-refractivity contribution in [3.8, 4) is 5.75 Å². The van der Waals surface area contributed by atoms with Crippen molar-refractivity contribution in [3.05, 3.63) is 12.1 Å². The maximum absolute atomic E-state index is 9.18. The Morgan fingerprint density at radius 1 is 1.29 bits per heavy atom. The van der Waals surface area contributed by atoms with Crippen molar-refractivity contribution in [2.75, 3.05) is 31.3 Å². The van der Waals surface area contributed by atoms with Gasteiger partial charge in [-0.3, -0.25) is 5.41 Å². The van der Waals surface area contributed by atoms with Gasteiger partial charge in [0.1, 0.15) is 24.1 Å². The van der Waals surface area contributed by atoms with E-state index in [1.54, 1.807) is 0 Å². The molecule has 0 aliphatic carbocycles. The molecule has 1 atom stereocenters. The lowest BCUT2D eigenvalue weighted by Gasteiger charge is -2.11. The summed E-state index contributed by atoms with van der Waals surface area (Å²) < 4.78 is 5.28. The van der Waals surface area contributed by atoms with Gasteiger partial charge >= 0.3 is 0 Å². The first-order valence-electron chi connectivity index (χ1n) is 6.18. The molecule has 1 aliphatic heterocycles. The van der Waals surface area contributed by atoms with Crippen LogP contribution in [0, 0.1) is 5.41 Å². The summed E-state index contributed by atoms with van der Waals surface area (Å²) in [5, 5.41) is 32.9. The van der Waals surface area contributed by atoms with Crippen molar-refractivity contribution in [2.24, 2.45) is 15.2 Å². The molecule has 7 N–H and O–H groups in total. The minimum atomic E-state index is -0.670. The van der Waals surface area contributed by atoms with Crippen LogP contribution in [-0.4, -0.2) is 47.6 Å². The Morgan fingerprint density at radius 3 is 2.71 bits per heavy atom. The number of hydrogen-bond donors (Lipinski definition) is 5. The summed E-state index contributed by atoms with van der Waals surface area (Å²) in [6.45, 7) is -0.361. The van der Waals surface area contributed by atoms with E-state index in [1.807, 2.05) is 0 Å². The largest absolute Gasteiger partial charge is 0.489 e. The second kappa shape index (κ2) is 6.29. The number of nitrogens with zero attached hydrogens (tertiary/aromatic N) is 3. The molecule has 21 heavy (non-hydrogen) atoms. The van der Waals surface area contributed by atoms with Gasteiger partial charge in [-0.2, -0.15) is 5.11 Å². The van der Waals surface area contributed by atoms with Gasteiger partial charge in [-0.15, -0.1) is 5.11 Å². The standard InChI is InChI=1S/C12H16N6O3/c13-6-3-7(14)10(21-2-1-19)4-8(6)16-11-9(5-20)17-18-12(11)15/h3-4,9,15,19-20H,1-2,5,13-14H2. The average Bonchev–Trinajstić information content (AvgIpc) is 2.81. The maximum Gasteiger partial charge on any atom is 0.190 e. The summed E-state index contributed by atoms with van der Waals surface area (Å²) in [4.78, 5) is 4.22. The Morgan fingerprint density at radius 2 is 2.05 bits per heavy atom. The van der Waals surface area contributed by atoms with Gasteiger partial charge in [-0.05, 0) is 6.07 Å². The molecule has 0 radical (unpaired) electrons. The lowest BCUT2D eigenvalue weighted by molar-refractivity contribution is 0.202. The topological polar surface area (TPSA) is 163 Å². The fourth-order valence-corrected chi connectivity index (χ4v) is 1.75. The number of aliphatic hydroxyl groups is 2. The lowest BCUT2D eigenvalue weighted by atomic mass is 10.1. The van der Waals surface area contributed by atoms with Crippen LogP contribution in [0.1, 0.15) is 0 Å². The summed E-state index contributed by atoms with van der Waals surface area (Å²) in [6.07, 6.45) is 0. The number of aliphatic imine (C=N–C) groups is 1. The molecule has 0 spiro atoms. The van der Waals surface area contributed by atoms with Gasteiger partial charge in [0, 0.05) is 6.07 Å². The van der Waals surface area contributed by atoms with Crippen LogP contribution < -0.4 is 16.2 Å². The second-order valence-corrected chi connectivity index (χ2v) is 4.28. The molecule has 1 aromatic rings. The van der Waals surface area contributed by atoms with Crippen molar-refractivity contribution in [3.63, 3.8) is 0 Å². The van der Waals surface area contributed by atoms with E-state index < -0.39 is 6.04 Å². The number of anilines is 2. The summed E-state index contributed by atoms with van der Waals surface area (Å²) in [7, 11) is 0. The van der Waals surface area contributed by atoms with Gasteiger partial charge in [-0.25, -0.2) is 4.99 Å². The van der Waals surface area contributed by atoms with Crippen LogP contribution in [0.2, 0.25) is 0 Å². The third kappa shape index (κ3) is 3.15. The zero-order valence-electron chi connectivity index (χ0n) is 11.2. The number of benzene rings is 1. The van der Waals surface area contributed by atoms with E-state index in [0.717, 1.165) is 0 Å². The molecule has 112 valence electrons. The highest BCUT2D eigenvalue weighted by Gasteiger charge is 2.25. The van der Waals surface area contributed by atoms with Crippen LogP contribution in [-0.2, 0) is 0 Å². The van der Waals surface area contributed by atoms with Gasteiger partial charge in [0.05, 0.1) is 30.3 Å². The molecular formula is C12H16N6O3. The van der Waals surface area contributed by atoms with Crippen molar-refractivity contribution in [1.29, 1.82) is 5.41 Å². The number of ether oxygens (including phenoxy) is 1. The zero-order chi connectivity index (χ0) is 15.4. The predicted octanol–water partition coefficient (Wildman–Crippen LogP) is 0.0986. The van der Waals surface area contributed by atoms with E-state index in [-0.39, 0.29) is 31.4 Å². The van der Waals surface area contributed by atoms with Gasteiger partial charge in [0.25, 0.3) is 0 Å². The number of nitrogen functional groups attached to an aromatic ring is 2. The van der Waals surface area contributed by atoms with Crippen LogP contribution in [0.3, 0.4) is 0 Å². The highest BCUT2D eigenvalue weighted by Crippen LogP contribution is 2.34. The van der Waals surface area contributed by atoms with Gasteiger partial charge < -0.3 is 26.4 Å². The number of aliphatic hydroxyl groups excluding tert-OH is 2. The van der Waals surface area contributed by atoms with Gasteiger partial charge in [0.15, 0.2) is 5.84 Å². The van der Waals surface area contributed by atoms with Crippen molar-refractivity contribution in [2.45, 2.75) is 6.04 Å². The molecule has 0 fully saturated rings. The van der Waals surface area contributed by atoms with Crippen LogP contribution in [0.5, 0.6) is 5.75 Å². The monoisotopic (exact) mass is 292 g/mol. The molecule has 9 nitrogen and oxygen atoms in total. The van der Waals surface area contributed by atoms with E-state index in [4.69, 9.17) is 26.7 Å². The smallest absolute Gasteiger partial charge is 0.190 e. The summed E-state index contributed by atoms with van der Waals surface area (Å²) in [5.74, 6) is 0.208. The van der Waals surface area contributed by atoms with Crippen molar-refractivity contribution >= 4 is 28.6 Å². The number of nitrogens with two attached hydrogens (primary N) is 2. The van der Waals surface area contributed by atoms with Crippen LogP contribution >= 0.6 is 0 Å². The van der Waals surface area contributed by atoms with E-state index >= 15 is 0 Å². The van der Waals surface area contributed by atoms with Crippen LogP contribution in [0.25, 0.3) is 0 Å². The molecule has 0 aromatic heterocycles. The first-order chi connectivity index (χ1) is 10.1. The summed E-state index contributed by atoms with van der Waals surface area (Å²) >= 11 is 0. The lowest BCUT2D eigenvalue weighted by Crippen LogP contribution is -2.23. The molecule has 9 heteroatoms. The van der Waals surface area contributed by atoms with E-state index in [2.05, 4.69) is 15.2 Å². The maximum atomic E-state index is 9.18. The predicted molar refractivity (Wildman–Crippen MR) is 78.4 cm³/mol. The van der Waals surface area contributed by atoms with Crippen molar-refractivity contribution < 1.29 is 14.9 Å². The number of nitrogens with one attached hydrogen (secondary N) is 1. The first kappa shape index (κ1) is 14.9. The fraction of sp³-hybridized carbons (Fsp3) is 0.333. The molecule has 0 saturated carbocycles. The number of azo groups is 1. The molecule has 0 saturated heterocycles. The minimum absolute atomic E-state index is 0.0872. The average molecular weight is 292 g/mol. The molecule has 1 heterocycles. The molecule has 0 amide bonds. The molecule has 0 bridgehead atoms. The highest BCUT2D eigenvalue weighted by atomic mass is 16.5. The Labute approximate surface area is 120 Å². The van der Waals surface area contributed by atoms with E-state index in [9.17, 15) is 5.11 Å². The quantitative estimate of drug-likeness (QED) is 0.485. The van der Waals surface area contributed by atoms with E-state index in [0.29, 0.717) is 22.8 Å². The van der Waals surface area contributed by atoms with Gasteiger partial charge in [-0.1, -0.05) is 0 Å². The first-order valence-corrected chi connectivity index (χ1v) is 6.18. The number of hydrogen-bond acceptors (Lipinski definition) is 8. The van der Waals surface area contributed by atoms with E-state index in [1.165, 1.54) is 12.1 Å². The summed E-state index contributed by atoms with van der Waals surface area (Å²) in [5.41, 5.74) is 12.8. The fourth-order valence-electron chi connectivity index (χ4n) is 1.75. The molecule has 2 rings (SSSR count). The minimum Gasteiger partial charge on any atom is -0.489 e. The Kier molecular flexibility index (Phi) is 4.45. The zero-order valence-corrected chi connectivity index (χ0v) is 11.2. The Bertz CT molecular complexity index is 613. The molecular weight excluding hydrogens is 276 g/mol. The molecule has 1 aliphatic rings. The molecule has 1 aromatic carbocycles. The summed E-state index contributed by atoms with van der Waals surface area (Å²) in [6, 6.07) is 2.32. The van der Waals surface area contributed by atoms with Crippen molar-refractivity contribution in [1.82, 2.24) is 0 Å². The SMILES string of the molecule is N=C1N=NC(CO)C1=Nc1cc(OCCO)c(N)cc1N. The third-order valence-corrected chi connectivity index (χ3v) is 2.78. The molecule has 1 unspecified atom stereocenters. The van der Waals surface area contributed by atoms with Crippen LogP contribution in [0.15, 0.2) is 27.4 Å². The Hall–Kier alpha value is -2.52. The normalized spacial score (nSPS) is 19.4. The van der Waals surface area contributed by atoms with Crippen LogP contribution in [0.4, 0.5) is 17.1 Å². The number of amidine groups is 1. The van der Waals surface area contributed by atoms with Gasteiger partial charge in [0.2, 0.25) is 0 Å². The Balaban J connectivity index is 2.37. The third-order valence-electron chi connectivity index (χ3n) is 2.78. The number of rotatable bonds is 5. The second-order valence-electron chi connectivity index (χ2n) is 4.28.